The number of carbonyl (C=O) groups excluding carboxylic acids is 3. The topological polar surface area (TPSA) is 69.7 Å². The van der Waals surface area contributed by atoms with Gasteiger partial charge >= 0.3 is 11.9 Å². The molecule has 1 aromatic carbocycles. The Balaban J connectivity index is 1.63. The number of esters is 2. The van der Waals surface area contributed by atoms with Gasteiger partial charge in [0.2, 0.25) is 0 Å². The largest absolute Gasteiger partial charge is 0.469 e. The van der Waals surface area contributed by atoms with Crippen molar-refractivity contribution in [2.75, 3.05) is 13.7 Å². The lowest BCUT2D eigenvalue weighted by atomic mass is 9.79. The van der Waals surface area contributed by atoms with Gasteiger partial charge in [-0.05, 0) is 43.2 Å². The van der Waals surface area contributed by atoms with Crippen LogP contribution in [-0.2, 0) is 19.1 Å². The minimum Gasteiger partial charge on any atom is -0.469 e. The summed E-state index contributed by atoms with van der Waals surface area (Å²) in [5.74, 6) is -1.60. The van der Waals surface area contributed by atoms with Crippen molar-refractivity contribution in [3.05, 3.63) is 34.3 Å². The summed E-state index contributed by atoms with van der Waals surface area (Å²) in [5.41, 5.74) is 0.489. The highest BCUT2D eigenvalue weighted by atomic mass is 79.9. The van der Waals surface area contributed by atoms with Crippen molar-refractivity contribution in [3.63, 3.8) is 0 Å². The molecule has 6 heteroatoms. The van der Waals surface area contributed by atoms with Crippen molar-refractivity contribution in [2.45, 2.75) is 19.3 Å². The number of Topliss-reactive ketones (excluding diaryl/α,β-unsaturated/α-hetero) is 1. The van der Waals surface area contributed by atoms with Crippen molar-refractivity contribution in [2.24, 2.45) is 23.7 Å². The highest BCUT2D eigenvalue weighted by Gasteiger charge is 2.55. The number of methoxy groups -OCH3 is 1. The number of halogens is 1. The average molecular weight is 395 g/mol. The summed E-state index contributed by atoms with van der Waals surface area (Å²) in [6.45, 7) is -0.303. The van der Waals surface area contributed by atoms with Gasteiger partial charge in [0.1, 0.15) is 0 Å². The highest BCUT2D eigenvalue weighted by Crippen LogP contribution is 2.53. The molecule has 0 N–H and O–H groups in total. The van der Waals surface area contributed by atoms with E-state index in [9.17, 15) is 14.4 Å². The molecule has 4 atom stereocenters. The second kappa shape index (κ2) is 7.05. The Morgan fingerprint density at radius 3 is 2.21 bits per heavy atom. The van der Waals surface area contributed by atoms with E-state index in [4.69, 9.17) is 9.47 Å². The van der Waals surface area contributed by atoms with E-state index in [0.29, 0.717) is 5.56 Å². The molecule has 0 radical (unpaired) electrons. The van der Waals surface area contributed by atoms with Crippen LogP contribution in [0.2, 0.25) is 0 Å². The fourth-order valence-corrected chi connectivity index (χ4v) is 4.32. The van der Waals surface area contributed by atoms with Crippen LogP contribution in [0.15, 0.2) is 28.7 Å². The first-order valence-corrected chi connectivity index (χ1v) is 8.83. The van der Waals surface area contributed by atoms with Crippen molar-refractivity contribution < 1.29 is 23.9 Å². The monoisotopic (exact) mass is 394 g/mol. The second-order valence-corrected chi connectivity index (χ2v) is 7.36. The summed E-state index contributed by atoms with van der Waals surface area (Å²) in [4.78, 5) is 36.6. The summed E-state index contributed by atoms with van der Waals surface area (Å²) in [6.07, 6.45) is 2.74. The molecule has 0 heterocycles. The van der Waals surface area contributed by atoms with Crippen LogP contribution < -0.4 is 0 Å². The molecule has 2 bridgehead atoms. The van der Waals surface area contributed by atoms with Crippen molar-refractivity contribution in [1.82, 2.24) is 0 Å². The number of hydrogen-bond donors (Lipinski definition) is 0. The Morgan fingerprint density at radius 2 is 1.62 bits per heavy atom. The van der Waals surface area contributed by atoms with Crippen LogP contribution in [0.3, 0.4) is 0 Å². The average Bonchev–Trinajstić information content (AvgIpc) is 3.20. The Labute approximate surface area is 148 Å². The molecule has 24 heavy (non-hydrogen) atoms. The fourth-order valence-electron chi connectivity index (χ4n) is 4.06. The van der Waals surface area contributed by atoms with E-state index in [0.717, 1.165) is 23.7 Å². The molecule has 1 aromatic rings. The van der Waals surface area contributed by atoms with E-state index in [1.54, 1.807) is 24.3 Å². The quantitative estimate of drug-likeness (QED) is 0.566. The van der Waals surface area contributed by atoms with Gasteiger partial charge in [0.05, 0.1) is 18.9 Å². The van der Waals surface area contributed by atoms with Crippen LogP contribution in [0, 0.1) is 23.7 Å². The van der Waals surface area contributed by atoms with E-state index in [1.807, 2.05) is 0 Å². The van der Waals surface area contributed by atoms with Gasteiger partial charge in [-0.2, -0.15) is 0 Å². The van der Waals surface area contributed by atoms with E-state index < -0.39 is 17.8 Å². The molecule has 128 valence electrons. The third-order valence-corrected chi connectivity index (χ3v) is 5.70. The number of rotatable bonds is 5. The Bertz CT molecular complexity index is 654. The van der Waals surface area contributed by atoms with Crippen molar-refractivity contribution in [3.8, 4) is 0 Å². The van der Waals surface area contributed by atoms with Crippen molar-refractivity contribution >= 4 is 33.7 Å². The number of benzene rings is 1. The fraction of sp³-hybridized carbons (Fsp3) is 0.500. The first kappa shape index (κ1) is 17.1. The molecule has 2 aliphatic carbocycles. The van der Waals surface area contributed by atoms with E-state index in [2.05, 4.69) is 15.9 Å². The SMILES string of the molecule is COC(=O)[C@H]1[C@@H]2CC[C@@H](C2)[C@@H]1C(=O)OCC(=O)c1ccc(Br)cc1. The molecular formula is C18H19BrO5. The lowest BCUT2D eigenvalue weighted by molar-refractivity contribution is -0.161. The first-order valence-electron chi connectivity index (χ1n) is 8.04. The maximum Gasteiger partial charge on any atom is 0.310 e. The first-order chi connectivity index (χ1) is 11.5. The highest BCUT2D eigenvalue weighted by molar-refractivity contribution is 9.10. The summed E-state index contributed by atoms with van der Waals surface area (Å²) in [7, 11) is 1.34. The van der Waals surface area contributed by atoms with Gasteiger partial charge < -0.3 is 9.47 Å². The van der Waals surface area contributed by atoms with E-state index in [1.165, 1.54) is 7.11 Å². The van der Waals surface area contributed by atoms with Gasteiger partial charge in [-0.15, -0.1) is 0 Å². The zero-order valence-corrected chi connectivity index (χ0v) is 15.0. The predicted octanol–water partition coefficient (Wildman–Crippen LogP) is 3.01. The van der Waals surface area contributed by atoms with Crippen LogP contribution in [0.4, 0.5) is 0 Å². The molecule has 2 aliphatic rings. The molecule has 5 nitrogen and oxygen atoms in total. The smallest absolute Gasteiger partial charge is 0.310 e. The van der Waals surface area contributed by atoms with Crippen LogP contribution in [0.5, 0.6) is 0 Å². The van der Waals surface area contributed by atoms with Gasteiger partial charge in [0.25, 0.3) is 0 Å². The summed E-state index contributed by atoms with van der Waals surface area (Å²) in [5, 5.41) is 0. The maximum atomic E-state index is 12.5. The zero-order chi connectivity index (χ0) is 17.3. The van der Waals surface area contributed by atoms with Crippen LogP contribution in [-0.4, -0.2) is 31.4 Å². The molecule has 2 fully saturated rings. The van der Waals surface area contributed by atoms with E-state index in [-0.39, 0.29) is 30.2 Å². The minimum atomic E-state index is -0.478. The molecule has 3 rings (SSSR count). The van der Waals surface area contributed by atoms with Crippen LogP contribution in [0.25, 0.3) is 0 Å². The Morgan fingerprint density at radius 1 is 1.04 bits per heavy atom. The number of carbonyl (C=O) groups is 3. The molecule has 0 aliphatic heterocycles. The molecule has 0 amide bonds. The third-order valence-electron chi connectivity index (χ3n) is 5.17. The normalized spacial score (nSPS) is 27.8. The Kier molecular flexibility index (Phi) is 5.04. The molecule has 2 saturated carbocycles. The Hall–Kier alpha value is -1.69. The van der Waals surface area contributed by atoms with Crippen LogP contribution in [0.1, 0.15) is 29.6 Å². The van der Waals surface area contributed by atoms with Gasteiger partial charge in [-0.3, -0.25) is 14.4 Å². The molecule has 0 spiro atoms. The van der Waals surface area contributed by atoms with E-state index >= 15 is 0 Å². The van der Waals surface area contributed by atoms with Gasteiger partial charge in [-0.25, -0.2) is 0 Å². The minimum absolute atomic E-state index is 0.161. The molecule has 0 unspecified atom stereocenters. The third kappa shape index (κ3) is 3.24. The standard InChI is InChI=1S/C18H19BrO5/c1-23-17(21)15-11-2-3-12(8-11)16(15)18(22)24-9-14(20)10-4-6-13(19)7-5-10/h4-7,11-12,15-16H,2-3,8-9H2,1H3/t11-,12+,15+,16+/m1/s1. The predicted molar refractivity (Wildman–Crippen MR) is 89.3 cm³/mol. The van der Waals surface area contributed by atoms with Gasteiger partial charge in [0.15, 0.2) is 12.4 Å². The lowest BCUT2D eigenvalue weighted by Crippen LogP contribution is -2.37. The van der Waals surface area contributed by atoms with Gasteiger partial charge in [-0.1, -0.05) is 28.1 Å². The number of ether oxygens (including phenoxy) is 2. The van der Waals surface area contributed by atoms with Crippen LogP contribution >= 0.6 is 15.9 Å². The number of fused-ring (bicyclic) bond motifs is 2. The maximum absolute atomic E-state index is 12.5. The lowest BCUT2D eigenvalue weighted by Gasteiger charge is -2.27. The van der Waals surface area contributed by atoms with Crippen molar-refractivity contribution in [1.29, 1.82) is 0 Å². The molecule has 0 saturated heterocycles. The molecular weight excluding hydrogens is 376 g/mol. The molecule has 0 aromatic heterocycles. The summed E-state index contributed by atoms with van der Waals surface area (Å²) in [6, 6.07) is 6.88. The second-order valence-electron chi connectivity index (χ2n) is 6.45. The van der Waals surface area contributed by atoms with Gasteiger partial charge in [0, 0.05) is 10.0 Å². The summed E-state index contributed by atoms with van der Waals surface area (Å²) >= 11 is 3.31. The summed E-state index contributed by atoms with van der Waals surface area (Å²) < 4.78 is 11.0. The number of ketones is 1. The number of hydrogen-bond acceptors (Lipinski definition) is 5. The zero-order valence-electron chi connectivity index (χ0n) is 13.4.